The lowest BCUT2D eigenvalue weighted by Crippen LogP contribution is -2.35. The molecule has 0 bridgehead atoms. The number of hydrogen-bond donors (Lipinski definition) is 1. The Hall–Kier alpha value is -1.19. The Kier molecular flexibility index (Phi) is 4.27. The lowest BCUT2D eigenvalue weighted by atomic mass is 9.88. The number of benzene rings is 1. The minimum Gasteiger partial charge on any atom is -0.321 e. The average Bonchev–Trinajstić information content (AvgIpc) is 2.80. The molecule has 2 aromatic rings. The Morgan fingerprint density at radius 3 is 2.29 bits per heavy atom. The highest BCUT2D eigenvalue weighted by Crippen LogP contribution is 2.29. The van der Waals surface area contributed by atoms with Crippen molar-refractivity contribution in [2.45, 2.75) is 58.9 Å². The summed E-state index contributed by atoms with van der Waals surface area (Å²) in [6.45, 7) is 12.9. The van der Waals surface area contributed by atoms with E-state index in [1.807, 2.05) is 0 Å². The maximum atomic E-state index is 6.57. The summed E-state index contributed by atoms with van der Waals surface area (Å²) in [6.07, 6.45) is 0.774. The van der Waals surface area contributed by atoms with Crippen molar-refractivity contribution in [3.63, 3.8) is 0 Å². The molecule has 1 heterocycles. The number of thiazole rings is 1. The third kappa shape index (κ3) is 3.72. The number of hydrogen-bond acceptors (Lipinski definition) is 3. The Bertz CT molecular complexity index is 633. The number of rotatable bonds is 3. The topological polar surface area (TPSA) is 38.9 Å². The fraction of sp³-hybridized carbons (Fsp3) is 0.500. The van der Waals surface area contributed by atoms with Crippen LogP contribution in [0.15, 0.2) is 23.6 Å². The van der Waals surface area contributed by atoms with Crippen LogP contribution >= 0.6 is 11.3 Å². The molecule has 1 aromatic heterocycles. The van der Waals surface area contributed by atoms with Gasteiger partial charge in [-0.05, 0) is 37.5 Å². The van der Waals surface area contributed by atoms with Crippen molar-refractivity contribution in [2.24, 2.45) is 5.73 Å². The molecule has 1 unspecified atom stereocenters. The lowest BCUT2D eigenvalue weighted by Gasteiger charge is -2.25. The van der Waals surface area contributed by atoms with Gasteiger partial charge < -0.3 is 5.73 Å². The molecule has 0 radical (unpaired) electrons. The van der Waals surface area contributed by atoms with Crippen LogP contribution in [0, 0.1) is 13.8 Å². The monoisotopic (exact) mass is 302 g/mol. The molecule has 0 spiro atoms. The summed E-state index contributed by atoms with van der Waals surface area (Å²) in [6, 6.07) is 6.49. The molecule has 2 rings (SSSR count). The summed E-state index contributed by atoms with van der Waals surface area (Å²) in [5.74, 6) is 0. The second-order valence-electron chi connectivity index (χ2n) is 7.27. The van der Waals surface area contributed by atoms with Gasteiger partial charge in [0.1, 0.15) is 0 Å². The average molecular weight is 302 g/mol. The van der Waals surface area contributed by atoms with E-state index in [1.165, 1.54) is 16.7 Å². The Morgan fingerprint density at radius 2 is 1.76 bits per heavy atom. The molecule has 0 fully saturated rings. The predicted octanol–water partition coefficient (Wildman–Crippen LogP) is 4.47. The van der Waals surface area contributed by atoms with E-state index in [0.717, 1.165) is 17.1 Å². The van der Waals surface area contributed by atoms with Gasteiger partial charge in [0, 0.05) is 22.8 Å². The summed E-state index contributed by atoms with van der Waals surface area (Å²) < 4.78 is 0. The first kappa shape index (κ1) is 16.2. The van der Waals surface area contributed by atoms with Crippen LogP contribution in [0.3, 0.4) is 0 Å². The summed E-state index contributed by atoms with van der Waals surface area (Å²) in [4.78, 5) is 4.77. The molecular formula is C18H26N2S. The number of nitrogens with two attached hydrogens (primary N) is 1. The van der Waals surface area contributed by atoms with Crippen molar-refractivity contribution in [1.82, 2.24) is 4.98 Å². The SMILES string of the molecule is Cc1ccc(C(C)(N)Cc2nc(C(C)(C)C)cs2)cc1C. The van der Waals surface area contributed by atoms with Crippen molar-refractivity contribution in [3.8, 4) is 0 Å². The number of nitrogens with zero attached hydrogens (tertiary/aromatic N) is 1. The van der Waals surface area contributed by atoms with Crippen LogP contribution in [0.4, 0.5) is 0 Å². The first-order chi connectivity index (χ1) is 9.59. The molecule has 2 N–H and O–H groups in total. The molecule has 1 aromatic carbocycles. The van der Waals surface area contributed by atoms with E-state index >= 15 is 0 Å². The molecule has 0 aliphatic rings. The standard InChI is InChI=1S/C18H26N2S/c1-12-7-8-14(9-13(12)2)18(6,19)10-16-20-15(11-21-16)17(3,4)5/h7-9,11H,10,19H2,1-6H3. The van der Waals surface area contributed by atoms with Gasteiger partial charge in [-0.3, -0.25) is 0 Å². The van der Waals surface area contributed by atoms with Crippen LogP contribution in [0.25, 0.3) is 0 Å². The second kappa shape index (κ2) is 5.54. The van der Waals surface area contributed by atoms with Gasteiger partial charge in [-0.25, -0.2) is 4.98 Å². The zero-order valence-electron chi connectivity index (χ0n) is 13.9. The van der Waals surface area contributed by atoms with Gasteiger partial charge >= 0.3 is 0 Å². The van der Waals surface area contributed by atoms with Crippen LogP contribution in [0.2, 0.25) is 0 Å². The molecule has 0 aliphatic heterocycles. The molecule has 1 atom stereocenters. The molecule has 0 amide bonds. The molecule has 2 nitrogen and oxygen atoms in total. The van der Waals surface area contributed by atoms with Crippen molar-refractivity contribution >= 4 is 11.3 Å². The van der Waals surface area contributed by atoms with E-state index in [-0.39, 0.29) is 11.0 Å². The van der Waals surface area contributed by atoms with Gasteiger partial charge in [0.2, 0.25) is 0 Å². The molecule has 114 valence electrons. The van der Waals surface area contributed by atoms with Gasteiger partial charge in [-0.15, -0.1) is 11.3 Å². The van der Waals surface area contributed by atoms with Crippen LogP contribution in [0.1, 0.15) is 55.1 Å². The highest BCUT2D eigenvalue weighted by molar-refractivity contribution is 7.09. The zero-order valence-corrected chi connectivity index (χ0v) is 14.8. The lowest BCUT2D eigenvalue weighted by molar-refractivity contribution is 0.486. The molecule has 0 aliphatic carbocycles. The Labute approximate surface area is 132 Å². The molecule has 0 saturated carbocycles. The molecule has 0 saturated heterocycles. The third-order valence-corrected chi connectivity index (χ3v) is 4.85. The predicted molar refractivity (Wildman–Crippen MR) is 92.0 cm³/mol. The second-order valence-corrected chi connectivity index (χ2v) is 8.21. The van der Waals surface area contributed by atoms with Gasteiger partial charge in [0.05, 0.1) is 10.7 Å². The summed E-state index contributed by atoms with van der Waals surface area (Å²) in [5, 5.41) is 3.27. The van der Waals surface area contributed by atoms with Crippen molar-refractivity contribution in [2.75, 3.05) is 0 Å². The minimum atomic E-state index is -0.383. The van der Waals surface area contributed by atoms with Gasteiger partial charge in [0.15, 0.2) is 0 Å². The largest absolute Gasteiger partial charge is 0.321 e. The smallest absolute Gasteiger partial charge is 0.0950 e. The molecule has 3 heteroatoms. The number of aryl methyl sites for hydroxylation is 2. The van der Waals surface area contributed by atoms with Crippen molar-refractivity contribution < 1.29 is 0 Å². The molecule has 21 heavy (non-hydrogen) atoms. The maximum absolute atomic E-state index is 6.57. The maximum Gasteiger partial charge on any atom is 0.0950 e. The van der Waals surface area contributed by atoms with Crippen LogP contribution in [0.5, 0.6) is 0 Å². The Morgan fingerprint density at radius 1 is 1.10 bits per heavy atom. The fourth-order valence-corrected chi connectivity index (χ4v) is 3.44. The van der Waals surface area contributed by atoms with Gasteiger partial charge in [-0.1, -0.05) is 39.0 Å². The van der Waals surface area contributed by atoms with E-state index in [1.54, 1.807) is 11.3 Å². The van der Waals surface area contributed by atoms with E-state index < -0.39 is 0 Å². The number of aromatic nitrogens is 1. The highest BCUT2D eigenvalue weighted by atomic mass is 32.1. The normalized spacial score (nSPS) is 15.0. The third-order valence-electron chi connectivity index (χ3n) is 4.00. The summed E-state index contributed by atoms with van der Waals surface area (Å²) in [7, 11) is 0. The minimum absolute atomic E-state index is 0.0974. The Balaban J connectivity index is 2.24. The van der Waals surface area contributed by atoms with E-state index in [2.05, 4.69) is 65.1 Å². The first-order valence-electron chi connectivity index (χ1n) is 7.41. The summed E-state index contributed by atoms with van der Waals surface area (Å²) in [5.41, 5.74) is 11.2. The van der Waals surface area contributed by atoms with E-state index in [0.29, 0.717) is 0 Å². The van der Waals surface area contributed by atoms with Crippen LogP contribution in [-0.4, -0.2) is 4.98 Å². The zero-order chi connectivity index (χ0) is 15.8. The summed E-state index contributed by atoms with van der Waals surface area (Å²) >= 11 is 1.71. The van der Waals surface area contributed by atoms with Crippen molar-refractivity contribution in [3.05, 3.63) is 51.0 Å². The van der Waals surface area contributed by atoms with Gasteiger partial charge in [0.25, 0.3) is 0 Å². The van der Waals surface area contributed by atoms with Crippen molar-refractivity contribution in [1.29, 1.82) is 0 Å². The quantitative estimate of drug-likeness (QED) is 0.908. The first-order valence-corrected chi connectivity index (χ1v) is 8.29. The van der Waals surface area contributed by atoms with E-state index in [9.17, 15) is 0 Å². The van der Waals surface area contributed by atoms with Crippen LogP contribution < -0.4 is 5.73 Å². The highest BCUT2D eigenvalue weighted by Gasteiger charge is 2.25. The van der Waals surface area contributed by atoms with E-state index in [4.69, 9.17) is 10.7 Å². The van der Waals surface area contributed by atoms with Crippen LogP contribution in [-0.2, 0) is 17.4 Å². The van der Waals surface area contributed by atoms with Gasteiger partial charge in [-0.2, -0.15) is 0 Å². The molecular weight excluding hydrogens is 276 g/mol. The fourth-order valence-electron chi connectivity index (χ4n) is 2.25.